The molecule has 1 saturated heterocycles. The van der Waals surface area contributed by atoms with E-state index in [-0.39, 0.29) is 11.7 Å². The van der Waals surface area contributed by atoms with Crippen LogP contribution in [0.1, 0.15) is 13.8 Å². The second-order valence-corrected chi connectivity index (χ2v) is 6.16. The normalized spacial score (nSPS) is 22.5. The summed E-state index contributed by atoms with van der Waals surface area (Å²) in [5, 5.41) is 5.33. The van der Waals surface area contributed by atoms with Crippen molar-refractivity contribution >= 4 is 22.4 Å². The number of ether oxygens (including phenoxy) is 2. The third-order valence-corrected chi connectivity index (χ3v) is 3.95. The minimum absolute atomic E-state index is 0.0876. The molecular formula is C14H18N2O2S. The summed E-state index contributed by atoms with van der Waals surface area (Å²) >= 11 is 1.40. The van der Waals surface area contributed by atoms with Crippen molar-refractivity contribution in [2.24, 2.45) is 0 Å². The Morgan fingerprint density at radius 3 is 3.16 bits per heavy atom. The molecule has 1 N–H and O–H groups in total. The maximum atomic E-state index is 5.98. The molecule has 0 aliphatic carbocycles. The molecule has 4 nitrogen and oxygen atoms in total. The molecule has 1 atom stereocenters. The summed E-state index contributed by atoms with van der Waals surface area (Å²) in [6.45, 7) is 6.46. The Kier molecular flexibility index (Phi) is 3.43. The van der Waals surface area contributed by atoms with Gasteiger partial charge in [0.1, 0.15) is 12.7 Å². The Bertz CT molecular complexity index is 567. The van der Waals surface area contributed by atoms with Crippen LogP contribution in [0.15, 0.2) is 24.3 Å². The van der Waals surface area contributed by atoms with E-state index in [1.165, 1.54) is 11.5 Å². The number of fused-ring (bicyclic) bond motifs is 1. The van der Waals surface area contributed by atoms with Crippen LogP contribution in [0.25, 0.3) is 10.9 Å². The molecule has 0 bridgehead atoms. The second kappa shape index (κ2) is 5.07. The summed E-state index contributed by atoms with van der Waals surface area (Å²) in [7, 11) is 0. The van der Waals surface area contributed by atoms with Crippen molar-refractivity contribution in [1.82, 2.24) is 9.69 Å². The van der Waals surface area contributed by atoms with Crippen molar-refractivity contribution in [2.75, 3.05) is 19.7 Å². The van der Waals surface area contributed by atoms with Crippen LogP contribution < -0.4 is 10.1 Å². The minimum atomic E-state index is -0.123. The van der Waals surface area contributed by atoms with E-state index in [1.807, 2.05) is 24.3 Å². The molecule has 102 valence electrons. The summed E-state index contributed by atoms with van der Waals surface area (Å²) < 4.78 is 16.2. The SMILES string of the molecule is CC1(C)CNCC(COc2snc3ccccc23)O1. The first-order valence-electron chi connectivity index (χ1n) is 6.50. The van der Waals surface area contributed by atoms with Crippen molar-refractivity contribution in [2.45, 2.75) is 25.6 Å². The highest BCUT2D eigenvalue weighted by Crippen LogP contribution is 2.30. The second-order valence-electron chi connectivity index (χ2n) is 5.43. The van der Waals surface area contributed by atoms with Gasteiger partial charge in [-0.2, -0.15) is 4.37 Å². The number of nitrogens with zero attached hydrogens (tertiary/aromatic N) is 1. The zero-order chi connectivity index (χ0) is 13.3. The van der Waals surface area contributed by atoms with Gasteiger partial charge in [-0.15, -0.1) is 0 Å². The fourth-order valence-corrected chi connectivity index (χ4v) is 3.03. The molecule has 1 aromatic heterocycles. The third-order valence-electron chi connectivity index (χ3n) is 3.16. The molecule has 1 unspecified atom stereocenters. The van der Waals surface area contributed by atoms with Gasteiger partial charge in [-0.05, 0) is 26.0 Å². The highest BCUT2D eigenvalue weighted by atomic mass is 32.1. The van der Waals surface area contributed by atoms with Gasteiger partial charge >= 0.3 is 0 Å². The van der Waals surface area contributed by atoms with Crippen molar-refractivity contribution in [3.8, 4) is 5.06 Å². The number of rotatable bonds is 3. The predicted octanol–water partition coefficient (Wildman–Crippen LogP) is 2.44. The zero-order valence-electron chi connectivity index (χ0n) is 11.2. The van der Waals surface area contributed by atoms with Gasteiger partial charge in [0, 0.05) is 24.6 Å². The molecule has 1 aliphatic heterocycles. The third kappa shape index (κ3) is 2.88. The van der Waals surface area contributed by atoms with Gasteiger partial charge in [0.15, 0.2) is 0 Å². The fourth-order valence-electron chi connectivity index (χ4n) is 2.30. The number of nitrogens with one attached hydrogen (secondary N) is 1. The molecule has 1 aliphatic rings. The number of aromatic nitrogens is 1. The molecule has 19 heavy (non-hydrogen) atoms. The summed E-state index contributed by atoms with van der Waals surface area (Å²) in [5.74, 6) is 0. The van der Waals surface area contributed by atoms with Gasteiger partial charge in [-0.1, -0.05) is 12.1 Å². The van der Waals surface area contributed by atoms with Gasteiger partial charge in [0.25, 0.3) is 0 Å². The molecule has 0 amide bonds. The maximum absolute atomic E-state index is 5.98. The van der Waals surface area contributed by atoms with Crippen LogP contribution in [0.2, 0.25) is 0 Å². The summed E-state index contributed by atoms with van der Waals surface area (Å²) in [5.41, 5.74) is 0.868. The lowest BCUT2D eigenvalue weighted by atomic mass is 10.1. The first kappa shape index (κ1) is 12.8. The molecule has 0 spiro atoms. The Morgan fingerprint density at radius 2 is 2.32 bits per heavy atom. The topological polar surface area (TPSA) is 43.4 Å². The largest absolute Gasteiger partial charge is 0.480 e. The standard InChI is InChI=1S/C14H18N2O2S/c1-14(2)9-15-7-10(18-14)8-17-13-11-5-3-4-6-12(11)16-19-13/h3-6,10,15H,7-9H2,1-2H3. The van der Waals surface area contributed by atoms with E-state index in [9.17, 15) is 0 Å². The van der Waals surface area contributed by atoms with E-state index in [1.54, 1.807) is 0 Å². The lowest BCUT2D eigenvalue weighted by Gasteiger charge is -2.36. The quantitative estimate of drug-likeness (QED) is 0.936. The summed E-state index contributed by atoms with van der Waals surface area (Å²) in [6, 6.07) is 8.03. The highest BCUT2D eigenvalue weighted by molar-refractivity contribution is 7.09. The molecule has 2 heterocycles. The van der Waals surface area contributed by atoms with Gasteiger partial charge < -0.3 is 14.8 Å². The molecule has 0 saturated carbocycles. The Labute approximate surface area is 116 Å². The van der Waals surface area contributed by atoms with Crippen LogP contribution in [-0.4, -0.2) is 35.8 Å². The van der Waals surface area contributed by atoms with Crippen LogP contribution >= 0.6 is 11.5 Å². The highest BCUT2D eigenvalue weighted by Gasteiger charge is 2.28. The van der Waals surface area contributed by atoms with Gasteiger partial charge in [-0.3, -0.25) is 0 Å². The minimum Gasteiger partial charge on any atom is -0.480 e. The monoisotopic (exact) mass is 278 g/mol. The number of hydrogen-bond donors (Lipinski definition) is 1. The first-order valence-corrected chi connectivity index (χ1v) is 7.27. The average Bonchev–Trinajstić information content (AvgIpc) is 2.78. The van der Waals surface area contributed by atoms with E-state index in [0.29, 0.717) is 6.61 Å². The molecular weight excluding hydrogens is 260 g/mol. The maximum Gasteiger partial charge on any atom is 0.201 e. The molecule has 5 heteroatoms. The molecule has 3 rings (SSSR count). The van der Waals surface area contributed by atoms with Crippen LogP contribution in [0.4, 0.5) is 0 Å². The van der Waals surface area contributed by atoms with E-state index >= 15 is 0 Å². The van der Waals surface area contributed by atoms with Crippen molar-refractivity contribution < 1.29 is 9.47 Å². The van der Waals surface area contributed by atoms with Gasteiger partial charge in [-0.25, -0.2) is 0 Å². The van der Waals surface area contributed by atoms with E-state index in [2.05, 4.69) is 23.5 Å². The summed E-state index contributed by atoms with van der Waals surface area (Å²) in [6.07, 6.45) is 0.0876. The summed E-state index contributed by atoms with van der Waals surface area (Å²) in [4.78, 5) is 0. The van der Waals surface area contributed by atoms with Crippen LogP contribution in [0, 0.1) is 0 Å². The number of morpholine rings is 1. The van der Waals surface area contributed by atoms with E-state index in [0.717, 1.165) is 29.1 Å². The predicted molar refractivity (Wildman–Crippen MR) is 76.9 cm³/mol. The van der Waals surface area contributed by atoms with E-state index in [4.69, 9.17) is 9.47 Å². The van der Waals surface area contributed by atoms with Crippen LogP contribution in [0.5, 0.6) is 5.06 Å². The zero-order valence-corrected chi connectivity index (χ0v) is 12.0. The van der Waals surface area contributed by atoms with E-state index < -0.39 is 0 Å². The Balaban J connectivity index is 1.66. The average molecular weight is 278 g/mol. The first-order chi connectivity index (χ1) is 9.14. The Hall–Kier alpha value is -1.17. The lowest BCUT2D eigenvalue weighted by Crippen LogP contribution is -2.52. The van der Waals surface area contributed by atoms with Crippen LogP contribution in [-0.2, 0) is 4.74 Å². The molecule has 1 aromatic carbocycles. The number of benzene rings is 1. The van der Waals surface area contributed by atoms with Crippen LogP contribution in [0.3, 0.4) is 0 Å². The lowest BCUT2D eigenvalue weighted by molar-refractivity contribution is -0.106. The van der Waals surface area contributed by atoms with Crippen molar-refractivity contribution in [3.63, 3.8) is 0 Å². The smallest absolute Gasteiger partial charge is 0.201 e. The van der Waals surface area contributed by atoms with Gasteiger partial charge in [0.05, 0.1) is 16.5 Å². The number of hydrogen-bond acceptors (Lipinski definition) is 5. The molecule has 1 fully saturated rings. The fraction of sp³-hybridized carbons (Fsp3) is 0.500. The molecule has 0 radical (unpaired) electrons. The molecule has 2 aromatic rings. The van der Waals surface area contributed by atoms with Crippen molar-refractivity contribution in [1.29, 1.82) is 0 Å². The van der Waals surface area contributed by atoms with Crippen molar-refractivity contribution in [3.05, 3.63) is 24.3 Å². The van der Waals surface area contributed by atoms with Gasteiger partial charge in [0.2, 0.25) is 5.06 Å². The Morgan fingerprint density at radius 1 is 1.47 bits per heavy atom.